The molecule has 1 atom stereocenters. The molecule has 2 nitrogen and oxygen atoms in total. The Morgan fingerprint density at radius 2 is 1.80 bits per heavy atom. The lowest BCUT2D eigenvalue weighted by Gasteiger charge is -2.14. The molecule has 3 heteroatoms. The first kappa shape index (κ1) is 9.88. The molecule has 0 spiro atoms. The molecular weight excluding hydrogens is 144 g/mol. The van der Waals surface area contributed by atoms with Gasteiger partial charge in [-0.15, -0.1) is 0 Å². The fourth-order valence-corrected chi connectivity index (χ4v) is 2.37. The molecule has 0 N–H and O–H groups in total. The lowest BCUT2D eigenvalue weighted by Crippen LogP contribution is -2.23. The Kier molecular flexibility index (Phi) is 5.58. The molecule has 0 saturated carbocycles. The maximum Gasteiger partial charge on any atom is 0.327 e. The van der Waals surface area contributed by atoms with E-state index in [1.165, 1.54) is 0 Å². The SMILES string of the molecule is CC=CC(C)[SiH](OC)OC. The second-order valence-electron chi connectivity index (χ2n) is 2.22. The summed E-state index contributed by atoms with van der Waals surface area (Å²) >= 11 is 0. The Morgan fingerprint density at radius 1 is 1.30 bits per heavy atom. The molecule has 10 heavy (non-hydrogen) atoms. The van der Waals surface area contributed by atoms with Crippen molar-refractivity contribution in [1.82, 2.24) is 0 Å². The number of hydrogen-bond acceptors (Lipinski definition) is 2. The van der Waals surface area contributed by atoms with Crippen LogP contribution in [0.2, 0.25) is 5.54 Å². The van der Waals surface area contributed by atoms with Crippen molar-refractivity contribution in [3.05, 3.63) is 12.2 Å². The highest BCUT2D eigenvalue weighted by Gasteiger charge is 2.15. The van der Waals surface area contributed by atoms with E-state index in [-0.39, 0.29) is 0 Å². The average Bonchev–Trinajstić information content (AvgIpc) is 1.91. The van der Waals surface area contributed by atoms with Crippen molar-refractivity contribution < 1.29 is 8.85 Å². The first-order valence-electron chi connectivity index (χ1n) is 3.44. The van der Waals surface area contributed by atoms with E-state index >= 15 is 0 Å². The molecule has 0 aliphatic heterocycles. The molecule has 0 amide bonds. The number of allylic oxidation sites excluding steroid dienone is 2. The number of rotatable bonds is 4. The summed E-state index contributed by atoms with van der Waals surface area (Å²) in [5, 5.41) is 0. The van der Waals surface area contributed by atoms with E-state index in [2.05, 4.69) is 13.0 Å². The van der Waals surface area contributed by atoms with Crippen LogP contribution in [0, 0.1) is 0 Å². The normalized spacial score (nSPS) is 14.9. The summed E-state index contributed by atoms with van der Waals surface area (Å²) in [7, 11) is 2.03. The Balaban J connectivity index is 3.75. The van der Waals surface area contributed by atoms with Crippen molar-refractivity contribution >= 4 is 9.28 Å². The minimum atomic E-state index is -1.39. The summed E-state index contributed by atoms with van der Waals surface area (Å²) in [6.45, 7) is 4.12. The van der Waals surface area contributed by atoms with Gasteiger partial charge in [-0.2, -0.15) is 0 Å². The van der Waals surface area contributed by atoms with Gasteiger partial charge in [-0.25, -0.2) is 0 Å². The molecule has 0 fully saturated rings. The largest absolute Gasteiger partial charge is 0.400 e. The van der Waals surface area contributed by atoms with Crippen LogP contribution in [0.1, 0.15) is 13.8 Å². The molecule has 0 bridgehead atoms. The molecule has 0 aromatic heterocycles. The van der Waals surface area contributed by atoms with E-state index in [1.54, 1.807) is 14.2 Å². The van der Waals surface area contributed by atoms with Gasteiger partial charge < -0.3 is 8.85 Å². The summed E-state index contributed by atoms with van der Waals surface area (Å²) in [6, 6.07) is 0. The Hall–Kier alpha value is -0.123. The Morgan fingerprint density at radius 3 is 2.10 bits per heavy atom. The minimum Gasteiger partial charge on any atom is -0.400 e. The quantitative estimate of drug-likeness (QED) is 0.458. The summed E-state index contributed by atoms with van der Waals surface area (Å²) in [5.74, 6) is 0. The van der Waals surface area contributed by atoms with Gasteiger partial charge in [0.1, 0.15) is 0 Å². The molecule has 60 valence electrons. The van der Waals surface area contributed by atoms with Crippen LogP contribution in [-0.2, 0) is 8.85 Å². The summed E-state index contributed by atoms with van der Waals surface area (Å²) in [6.07, 6.45) is 4.15. The fourth-order valence-electron chi connectivity index (χ4n) is 0.920. The third-order valence-corrected chi connectivity index (χ3v) is 3.40. The van der Waals surface area contributed by atoms with Crippen molar-refractivity contribution in [2.24, 2.45) is 0 Å². The maximum atomic E-state index is 5.18. The van der Waals surface area contributed by atoms with Gasteiger partial charge in [0.05, 0.1) is 0 Å². The molecule has 0 radical (unpaired) electrons. The van der Waals surface area contributed by atoms with E-state index in [9.17, 15) is 0 Å². The van der Waals surface area contributed by atoms with Gasteiger partial charge in [0.25, 0.3) is 0 Å². The zero-order chi connectivity index (χ0) is 7.98. The monoisotopic (exact) mass is 160 g/mol. The topological polar surface area (TPSA) is 18.5 Å². The van der Waals surface area contributed by atoms with E-state index in [0.717, 1.165) is 0 Å². The first-order chi connectivity index (χ1) is 4.76. The van der Waals surface area contributed by atoms with Crippen LogP contribution in [-0.4, -0.2) is 23.5 Å². The zero-order valence-corrected chi connectivity index (χ0v) is 8.28. The van der Waals surface area contributed by atoms with Crippen LogP contribution < -0.4 is 0 Å². The van der Waals surface area contributed by atoms with Gasteiger partial charge in [0.15, 0.2) is 0 Å². The first-order valence-corrected chi connectivity index (χ1v) is 5.05. The van der Waals surface area contributed by atoms with E-state index in [4.69, 9.17) is 8.85 Å². The van der Waals surface area contributed by atoms with Crippen LogP contribution in [0.15, 0.2) is 12.2 Å². The summed E-state index contributed by atoms with van der Waals surface area (Å²) in [4.78, 5) is 0. The second-order valence-corrected chi connectivity index (χ2v) is 4.96. The molecule has 0 rings (SSSR count). The van der Waals surface area contributed by atoms with Gasteiger partial charge in [0.2, 0.25) is 0 Å². The van der Waals surface area contributed by atoms with Crippen molar-refractivity contribution in [1.29, 1.82) is 0 Å². The molecule has 0 aliphatic rings. The van der Waals surface area contributed by atoms with Crippen LogP contribution in [0.4, 0.5) is 0 Å². The summed E-state index contributed by atoms with van der Waals surface area (Å²) in [5.41, 5.74) is 0.458. The predicted molar refractivity (Wildman–Crippen MR) is 45.4 cm³/mol. The minimum absolute atomic E-state index is 0.458. The molecule has 0 aliphatic carbocycles. The van der Waals surface area contributed by atoms with Gasteiger partial charge in [-0.05, 0) is 6.92 Å². The lowest BCUT2D eigenvalue weighted by atomic mass is 10.4. The van der Waals surface area contributed by atoms with Gasteiger partial charge >= 0.3 is 9.28 Å². The number of hydrogen-bond donors (Lipinski definition) is 0. The predicted octanol–water partition coefficient (Wildman–Crippen LogP) is 1.47. The molecule has 0 saturated heterocycles. The lowest BCUT2D eigenvalue weighted by molar-refractivity contribution is 0.272. The second kappa shape index (κ2) is 5.65. The molecule has 1 unspecified atom stereocenters. The van der Waals surface area contributed by atoms with Gasteiger partial charge in [0, 0.05) is 19.8 Å². The highest BCUT2D eigenvalue weighted by molar-refractivity contribution is 6.46. The van der Waals surface area contributed by atoms with Gasteiger partial charge in [-0.3, -0.25) is 0 Å². The van der Waals surface area contributed by atoms with Crippen molar-refractivity contribution in [3.8, 4) is 0 Å². The maximum absolute atomic E-state index is 5.18. The van der Waals surface area contributed by atoms with Crippen LogP contribution in [0.25, 0.3) is 0 Å². The molecular formula is C7H16O2Si. The van der Waals surface area contributed by atoms with Crippen molar-refractivity contribution in [2.45, 2.75) is 19.4 Å². The third-order valence-electron chi connectivity index (χ3n) is 1.39. The molecule has 0 heterocycles. The molecule has 0 aromatic carbocycles. The zero-order valence-electron chi connectivity index (χ0n) is 7.13. The van der Waals surface area contributed by atoms with Crippen molar-refractivity contribution in [3.63, 3.8) is 0 Å². The Labute approximate surface area is 64.7 Å². The van der Waals surface area contributed by atoms with Crippen molar-refractivity contribution in [2.75, 3.05) is 14.2 Å². The Bertz CT molecular complexity index is 99.8. The van der Waals surface area contributed by atoms with E-state index in [1.807, 2.05) is 13.0 Å². The standard InChI is InChI=1S/C7H16O2Si/c1-5-6-7(2)10(8-3)9-4/h5-7,10H,1-4H3. The summed E-state index contributed by atoms with van der Waals surface area (Å²) < 4.78 is 10.4. The highest BCUT2D eigenvalue weighted by atomic mass is 28.3. The smallest absolute Gasteiger partial charge is 0.327 e. The van der Waals surface area contributed by atoms with Crippen LogP contribution in [0.5, 0.6) is 0 Å². The fraction of sp³-hybridized carbons (Fsp3) is 0.714. The molecule has 0 aromatic rings. The third kappa shape index (κ3) is 3.15. The van der Waals surface area contributed by atoms with Crippen LogP contribution in [0.3, 0.4) is 0 Å². The van der Waals surface area contributed by atoms with Crippen LogP contribution >= 0.6 is 0 Å². The highest BCUT2D eigenvalue weighted by Crippen LogP contribution is 2.11. The van der Waals surface area contributed by atoms with E-state index < -0.39 is 9.28 Å². The van der Waals surface area contributed by atoms with E-state index in [0.29, 0.717) is 5.54 Å². The van der Waals surface area contributed by atoms with Gasteiger partial charge in [-0.1, -0.05) is 19.1 Å². The average molecular weight is 160 g/mol.